The van der Waals surface area contributed by atoms with E-state index in [2.05, 4.69) is 6.58 Å². The number of amides is 2. The largest absolute Gasteiger partial charge is 0.340 e. The van der Waals surface area contributed by atoms with Gasteiger partial charge in [0, 0.05) is 52.1 Å². The average molecular weight is 408 g/mol. The minimum atomic E-state index is -3.54. The Morgan fingerprint density at radius 3 is 2.21 bits per heavy atom. The molecule has 0 bridgehead atoms. The van der Waals surface area contributed by atoms with Gasteiger partial charge in [0.15, 0.2) is 0 Å². The lowest BCUT2D eigenvalue weighted by molar-refractivity contribution is -0.137. The van der Waals surface area contributed by atoms with Crippen LogP contribution in [0.3, 0.4) is 0 Å². The van der Waals surface area contributed by atoms with Crippen LogP contribution in [0.4, 0.5) is 0 Å². The van der Waals surface area contributed by atoms with Crippen molar-refractivity contribution in [3.8, 4) is 0 Å². The summed E-state index contributed by atoms with van der Waals surface area (Å²) in [6.07, 6.45) is 0.291. The predicted octanol–water partition coefficient (Wildman–Crippen LogP) is 1.72. The molecular weight excluding hydrogens is 378 g/mol. The van der Waals surface area contributed by atoms with E-state index in [0.29, 0.717) is 26.2 Å². The SMILES string of the molecule is C=C(C)CN(CC)C(=O)CCC(=O)N1CCN(S(=O)(=O)c2ccccc2)CC1. The summed E-state index contributed by atoms with van der Waals surface area (Å²) in [5.41, 5.74) is 0.900. The third-order valence-electron chi connectivity index (χ3n) is 4.72. The van der Waals surface area contributed by atoms with Gasteiger partial charge in [-0.25, -0.2) is 8.42 Å². The van der Waals surface area contributed by atoms with Gasteiger partial charge in [0.05, 0.1) is 4.90 Å². The zero-order valence-corrected chi connectivity index (χ0v) is 17.5. The molecule has 0 aliphatic carbocycles. The highest BCUT2D eigenvalue weighted by molar-refractivity contribution is 7.89. The number of carbonyl (C=O) groups excluding carboxylic acids is 2. The summed E-state index contributed by atoms with van der Waals surface area (Å²) in [5.74, 6) is -0.180. The van der Waals surface area contributed by atoms with Gasteiger partial charge in [-0.3, -0.25) is 9.59 Å². The maximum atomic E-state index is 12.6. The van der Waals surface area contributed by atoms with Gasteiger partial charge < -0.3 is 9.80 Å². The first-order valence-electron chi connectivity index (χ1n) is 9.50. The van der Waals surface area contributed by atoms with E-state index in [4.69, 9.17) is 0 Å². The number of sulfonamides is 1. The fourth-order valence-corrected chi connectivity index (χ4v) is 4.59. The summed E-state index contributed by atoms with van der Waals surface area (Å²) in [4.78, 5) is 28.3. The summed E-state index contributed by atoms with van der Waals surface area (Å²) in [7, 11) is -3.54. The van der Waals surface area contributed by atoms with Crippen LogP contribution >= 0.6 is 0 Å². The fraction of sp³-hybridized carbons (Fsp3) is 0.500. The molecule has 1 aliphatic rings. The number of benzene rings is 1. The van der Waals surface area contributed by atoms with Gasteiger partial charge in [0.2, 0.25) is 21.8 Å². The molecule has 1 fully saturated rings. The Hall–Kier alpha value is -2.19. The standard InChI is InChI=1S/C20H29N3O4S/c1-4-21(16-17(2)3)19(24)10-11-20(25)22-12-14-23(15-13-22)28(26,27)18-8-6-5-7-9-18/h5-9H,2,4,10-16H2,1,3H3. The van der Waals surface area contributed by atoms with Crippen molar-refractivity contribution in [3.63, 3.8) is 0 Å². The molecule has 154 valence electrons. The molecule has 8 heteroatoms. The van der Waals surface area contributed by atoms with E-state index in [1.54, 1.807) is 40.1 Å². The molecule has 0 unspecified atom stereocenters. The summed E-state index contributed by atoms with van der Waals surface area (Å²) in [5, 5.41) is 0. The second-order valence-electron chi connectivity index (χ2n) is 6.96. The lowest BCUT2D eigenvalue weighted by atomic mass is 10.2. The van der Waals surface area contributed by atoms with Gasteiger partial charge in [0.25, 0.3) is 0 Å². The highest BCUT2D eigenvalue weighted by Gasteiger charge is 2.30. The summed E-state index contributed by atoms with van der Waals surface area (Å²) in [6, 6.07) is 8.30. The van der Waals surface area contributed by atoms with Crippen molar-refractivity contribution in [3.05, 3.63) is 42.5 Å². The molecule has 28 heavy (non-hydrogen) atoms. The average Bonchev–Trinajstić information content (AvgIpc) is 2.70. The molecule has 0 spiro atoms. The minimum absolute atomic E-state index is 0.0656. The lowest BCUT2D eigenvalue weighted by Gasteiger charge is -2.34. The maximum Gasteiger partial charge on any atom is 0.243 e. The van der Waals surface area contributed by atoms with Crippen molar-refractivity contribution >= 4 is 21.8 Å². The zero-order chi connectivity index (χ0) is 20.7. The van der Waals surface area contributed by atoms with Crippen LogP contribution in [0.15, 0.2) is 47.4 Å². The maximum absolute atomic E-state index is 12.6. The molecular formula is C20H29N3O4S. The molecule has 1 aromatic rings. The van der Waals surface area contributed by atoms with E-state index in [1.165, 1.54) is 4.31 Å². The Morgan fingerprint density at radius 2 is 1.68 bits per heavy atom. The lowest BCUT2D eigenvalue weighted by Crippen LogP contribution is -2.50. The fourth-order valence-electron chi connectivity index (χ4n) is 3.15. The van der Waals surface area contributed by atoms with Crippen LogP contribution in [0.2, 0.25) is 0 Å². The molecule has 0 radical (unpaired) electrons. The van der Waals surface area contributed by atoms with E-state index in [0.717, 1.165) is 5.57 Å². The van der Waals surface area contributed by atoms with E-state index in [9.17, 15) is 18.0 Å². The molecule has 0 saturated carbocycles. The summed E-state index contributed by atoms with van der Waals surface area (Å²) < 4.78 is 26.7. The quantitative estimate of drug-likeness (QED) is 0.615. The van der Waals surface area contributed by atoms with Crippen LogP contribution in [0.25, 0.3) is 0 Å². The molecule has 2 amide bonds. The van der Waals surface area contributed by atoms with Gasteiger partial charge in [-0.1, -0.05) is 30.4 Å². The monoisotopic (exact) mass is 407 g/mol. The molecule has 1 aromatic carbocycles. The smallest absolute Gasteiger partial charge is 0.243 e. The predicted molar refractivity (Wildman–Crippen MR) is 108 cm³/mol. The molecule has 2 rings (SSSR count). The molecule has 1 saturated heterocycles. The zero-order valence-electron chi connectivity index (χ0n) is 16.6. The van der Waals surface area contributed by atoms with Crippen molar-refractivity contribution in [1.82, 2.24) is 14.1 Å². The number of hydrogen-bond acceptors (Lipinski definition) is 4. The van der Waals surface area contributed by atoms with E-state index in [1.807, 2.05) is 13.8 Å². The summed E-state index contributed by atoms with van der Waals surface area (Å²) in [6.45, 7) is 9.85. The first kappa shape index (κ1) is 22.1. The van der Waals surface area contributed by atoms with Crippen LogP contribution < -0.4 is 0 Å². The molecule has 0 atom stereocenters. The van der Waals surface area contributed by atoms with Gasteiger partial charge in [-0.05, 0) is 26.0 Å². The number of likely N-dealkylation sites (N-methyl/N-ethyl adjacent to an activating group) is 1. The number of nitrogens with zero attached hydrogens (tertiary/aromatic N) is 3. The molecule has 0 aromatic heterocycles. The molecule has 7 nitrogen and oxygen atoms in total. The van der Waals surface area contributed by atoms with Crippen molar-refractivity contribution in [1.29, 1.82) is 0 Å². The van der Waals surface area contributed by atoms with Crippen LogP contribution in [-0.2, 0) is 19.6 Å². The van der Waals surface area contributed by atoms with Gasteiger partial charge in [-0.2, -0.15) is 4.31 Å². The Morgan fingerprint density at radius 1 is 1.07 bits per heavy atom. The van der Waals surface area contributed by atoms with Crippen molar-refractivity contribution in [2.24, 2.45) is 0 Å². The Bertz CT molecular complexity index is 800. The van der Waals surface area contributed by atoms with Crippen LogP contribution in [0.5, 0.6) is 0 Å². The Kier molecular flexibility index (Phi) is 7.77. The Balaban J connectivity index is 1.85. The molecule has 1 aliphatic heterocycles. The van der Waals surface area contributed by atoms with E-state index in [-0.39, 0.29) is 42.6 Å². The Labute approximate surface area is 167 Å². The van der Waals surface area contributed by atoms with E-state index >= 15 is 0 Å². The molecule has 0 N–H and O–H groups in total. The second-order valence-corrected chi connectivity index (χ2v) is 8.90. The van der Waals surface area contributed by atoms with Crippen molar-refractivity contribution < 1.29 is 18.0 Å². The van der Waals surface area contributed by atoms with Gasteiger partial charge in [-0.15, -0.1) is 0 Å². The normalized spacial score (nSPS) is 15.3. The van der Waals surface area contributed by atoms with E-state index < -0.39 is 10.0 Å². The van der Waals surface area contributed by atoms with Crippen LogP contribution in [-0.4, -0.2) is 73.6 Å². The van der Waals surface area contributed by atoms with Gasteiger partial charge in [0.1, 0.15) is 0 Å². The minimum Gasteiger partial charge on any atom is -0.340 e. The van der Waals surface area contributed by atoms with Gasteiger partial charge >= 0.3 is 0 Å². The second kappa shape index (κ2) is 9.84. The number of piperazine rings is 1. The summed E-state index contributed by atoms with van der Waals surface area (Å²) >= 11 is 0. The van der Waals surface area contributed by atoms with Crippen molar-refractivity contribution in [2.75, 3.05) is 39.3 Å². The molecule has 1 heterocycles. The third kappa shape index (κ3) is 5.65. The number of hydrogen-bond donors (Lipinski definition) is 0. The topological polar surface area (TPSA) is 78.0 Å². The van der Waals surface area contributed by atoms with Crippen LogP contribution in [0, 0.1) is 0 Å². The third-order valence-corrected chi connectivity index (χ3v) is 6.63. The number of carbonyl (C=O) groups is 2. The highest BCUT2D eigenvalue weighted by atomic mass is 32.2. The van der Waals surface area contributed by atoms with Crippen molar-refractivity contribution in [2.45, 2.75) is 31.6 Å². The number of rotatable bonds is 8. The highest BCUT2D eigenvalue weighted by Crippen LogP contribution is 2.17. The first-order valence-corrected chi connectivity index (χ1v) is 10.9. The first-order chi connectivity index (χ1) is 13.3. The van der Waals surface area contributed by atoms with Crippen LogP contribution in [0.1, 0.15) is 26.7 Å².